The molecule has 1 aliphatic carbocycles. The highest BCUT2D eigenvalue weighted by molar-refractivity contribution is 6.00. The molecule has 1 saturated carbocycles. The van der Waals surface area contributed by atoms with E-state index in [1.165, 1.54) is 44.6 Å². The van der Waals surface area contributed by atoms with Crippen LogP contribution < -0.4 is 20.2 Å². The monoisotopic (exact) mass is 448 g/mol. The quantitative estimate of drug-likeness (QED) is 0.603. The molecule has 1 aromatic heterocycles. The number of para-hydroxylation sites is 1. The lowest BCUT2D eigenvalue weighted by molar-refractivity contribution is -0.142. The number of carbonyl (C=O) groups excluding carboxylic acids is 2. The molecule has 1 atom stereocenters. The maximum atomic E-state index is 12.9. The van der Waals surface area contributed by atoms with Crippen LogP contribution >= 0.6 is 0 Å². The first-order valence-corrected chi connectivity index (χ1v) is 11.6. The smallest absolute Gasteiger partial charge is 0.331 e. The zero-order chi connectivity index (χ0) is 22.8. The molecule has 33 heavy (non-hydrogen) atoms. The van der Waals surface area contributed by atoms with E-state index in [1.807, 2.05) is 0 Å². The van der Waals surface area contributed by atoms with Crippen LogP contribution in [0.5, 0.6) is 5.75 Å². The highest BCUT2D eigenvalue weighted by atomic mass is 16.7. The lowest BCUT2D eigenvalue weighted by Gasteiger charge is -2.31. The van der Waals surface area contributed by atoms with Gasteiger partial charge in [0, 0.05) is 24.3 Å². The van der Waals surface area contributed by atoms with Gasteiger partial charge in [0.2, 0.25) is 0 Å². The van der Waals surface area contributed by atoms with Gasteiger partial charge in [0.05, 0.1) is 24.5 Å². The van der Waals surface area contributed by atoms with Crippen molar-refractivity contribution in [3.05, 3.63) is 53.7 Å². The van der Waals surface area contributed by atoms with E-state index in [-0.39, 0.29) is 12.1 Å². The molecule has 1 unspecified atom stereocenters. The number of nitrogens with one attached hydrogen (secondary N) is 2. The zero-order valence-corrected chi connectivity index (χ0v) is 18.7. The Bertz CT molecular complexity index is 1180. The maximum Gasteiger partial charge on any atom is 0.331 e. The molecule has 8 heteroatoms. The minimum atomic E-state index is -0.470. The van der Waals surface area contributed by atoms with Crippen molar-refractivity contribution in [3.63, 3.8) is 0 Å². The molecular formula is C25H28N4O4. The average Bonchev–Trinajstić information content (AvgIpc) is 3.23. The number of fused-ring (bicyclic) bond motifs is 2. The molecule has 3 aromatic rings. The Kier molecular flexibility index (Phi) is 5.90. The topological polar surface area (TPSA) is 94.5 Å². The summed E-state index contributed by atoms with van der Waals surface area (Å²) in [5, 5.41) is 10.8. The summed E-state index contributed by atoms with van der Waals surface area (Å²) < 4.78 is 6.11. The van der Waals surface area contributed by atoms with E-state index in [0.717, 1.165) is 16.2 Å². The normalized spacial score (nSPS) is 18.3. The number of amides is 2. The molecule has 0 saturated heterocycles. The fourth-order valence-electron chi connectivity index (χ4n) is 4.98. The molecule has 2 aliphatic rings. The second kappa shape index (κ2) is 9.13. The van der Waals surface area contributed by atoms with E-state index in [4.69, 9.17) is 9.57 Å². The summed E-state index contributed by atoms with van der Waals surface area (Å²) in [5.41, 5.74) is 3.50. The number of carbonyl (C=O) groups is 2. The molecule has 2 N–H and O–H groups in total. The van der Waals surface area contributed by atoms with Crippen LogP contribution in [-0.4, -0.2) is 28.6 Å². The van der Waals surface area contributed by atoms with Gasteiger partial charge in [-0.25, -0.2) is 9.59 Å². The van der Waals surface area contributed by atoms with Gasteiger partial charge in [0.25, 0.3) is 0 Å². The summed E-state index contributed by atoms with van der Waals surface area (Å²) in [5.74, 6) is 1.01. The molecule has 1 fully saturated rings. The second-order valence-electron chi connectivity index (χ2n) is 8.73. The van der Waals surface area contributed by atoms with Gasteiger partial charge in [-0.2, -0.15) is 0 Å². The number of hydrogen-bond donors (Lipinski definition) is 2. The van der Waals surface area contributed by atoms with Gasteiger partial charge in [-0.05, 0) is 36.5 Å². The van der Waals surface area contributed by atoms with Crippen LogP contribution in [0.1, 0.15) is 68.5 Å². The third kappa shape index (κ3) is 4.37. The van der Waals surface area contributed by atoms with Crippen LogP contribution in [0.15, 0.2) is 42.6 Å². The van der Waals surface area contributed by atoms with E-state index in [9.17, 15) is 9.59 Å². The third-order valence-corrected chi connectivity index (χ3v) is 6.50. The molecule has 1 aliphatic heterocycles. The van der Waals surface area contributed by atoms with Crippen molar-refractivity contribution in [2.75, 3.05) is 11.9 Å². The number of rotatable bonds is 4. The largest absolute Gasteiger partial charge is 0.493 e. The number of hydrogen-bond acceptors (Lipinski definition) is 5. The van der Waals surface area contributed by atoms with Crippen LogP contribution in [0.4, 0.5) is 10.5 Å². The van der Waals surface area contributed by atoms with Gasteiger partial charge in [-0.1, -0.05) is 48.4 Å². The summed E-state index contributed by atoms with van der Waals surface area (Å²) >= 11 is 0. The summed E-state index contributed by atoms with van der Waals surface area (Å²) in [4.78, 5) is 30.4. The van der Waals surface area contributed by atoms with E-state index < -0.39 is 5.97 Å². The van der Waals surface area contributed by atoms with Crippen LogP contribution in [-0.2, 0) is 4.79 Å². The van der Waals surface area contributed by atoms with E-state index in [1.54, 1.807) is 24.4 Å². The Morgan fingerprint density at radius 3 is 2.67 bits per heavy atom. The number of aromatic nitrogens is 2. The fraction of sp³-hybridized carbons (Fsp3) is 0.400. The average molecular weight is 449 g/mol. The van der Waals surface area contributed by atoms with Crippen molar-refractivity contribution >= 4 is 28.6 Å². The van der Waals surface area contributed by atoms with Gasteiger partial charge < -0.3 is 20.2 Å². The molecular weight excluding hydrogens is 420 g/mol. The van der Waals surface area contributed by atoms with Crippen LogP contribution in [0, 0.1) is 0 Å². The molecule has 2 aromatic carbocycles. The van der Waals surface area contributed by atoms with E-state index in [0.29, 0.717) is 35.5 Å². The number of urea groups is 1. The van der Waals surface area contributed by atoms with Gasteiger partial charge in [-0.15, -0.1) is 5.10 Å². The number of benzene rings is 2. The zero-order valence-electron chi connectivity index (χ0n) is 18.7. The first-order valence-electron chi connectivity index (χ1n) is 11.6. The summed E-state index contributed by atoms with van der Waals surface area (Å²) in [6.45, 7) is 1.89. The molecule has 2 heterocycles. The third-order valence-electron chi connectivity index (χ3n) is 6.50. The first kappa shape index (κ1) is 21.3. The van der Waals surface area contributed by atoms with E-state index in [2.05, 4.69) is 33.9 Å². The lowest BCUT2D eigenvalue weighted by Crippen LogP contribution is -2.35. The van der Waals surface area contributed by atoms with Crippen molar-refractivity contribution < 1.29 is 19.2 Å². The highest BCUT2D eigenvalue weighted by Crippen LogP contribution is 2.43. The minimum absolute atomic E-state index is 0.125. The van der Waals surface area contributed by atoms with Crippen molar-refractivity contribution in [3.8, 4) is 5.75 Å². The van der Waals surface area contributed by atoms with Crippen LogP contribution in [0.3, 0.4) is 0 Å². The molecule has 8 nitrogen and oxygen atoms in total. The standard InChI is InChI=1S/C25H28N4O4/c1-16(30)33-29-23-12-6-11-21(20(23)15-26-29)27-25(31)28-22-13-14-32-24-18(9-5-10-19(22)24)17-7-3-2-4-8-17/h5-6,9-12,15,17,22H,2-4,7-8,13-14H2,1H3,(H2,27,28,31). The van der Waals surface area contributed by atoms with Gasteiger partial charge in [0.1, 0.15) is 11.3 Å². The molecule has 5 rings (SSSR count). The Morgan fingerprint density at radius 1 is 1.06 bits per heavy atom. The predicted molar refractivity (Wildman–Crippen MR) is 124 cm³/mol. The first-order chi connectivity index (χ1) is 16.1. The Morgan fingerprint density at radius 2 is 1.85 bits per heavy atom. The molecule has 0 spiro atoms. The summed E-state index contributed by atoms with van der Waals surface area (Å²) in [6, 6.07) is 11.2. The Balaban J connectivity index is 1.34. The van der Waals surface area contributed by atoms with Crippen molar-refractivity contribution in [2.45, 2.75) is 57.4 Å². The highest BCUT2D eigenvalue weighted by Gasteiger charge is 2.28. The molecule has 0 radical (unpaired) electrons. The van der Waals surface area contributed by atoms with Crippen molar-refractivity contribution in [1.82, 2.24) is 15.3 Å². The minimum Gasteiger partial charge on any atom is -0.493 e. The summed E-state index contributed by atoms with van der Waals surface area (Å²) in [6.07, 6.45) is 8.50. The van der Waals surface area contributed by atoms with Crippen LogP contribution in [0.25, 0.3) is 10.9 Å². The molecule has 172 valence electrons. The van der Waals surface area contributed by atoms with Crippen LogP contribution in [0.2, 0.25) is 0 Å². The van der Waals surface area contributed by atoms with Gasteiger partial charge in [-0.3, -0.25) is 0 Å². The summed E-state index contributed by atoms with van der Waals surface area (Å²) in [7, 11) is 0. The Labute approximate surface area is 192 Å². The molecule has 2 amide bonds. The van der Waals surface area contributed by atoms with Gasteiger partial charge >= 0.3 is 12.0 Å². The second-order valence-corrected chi connectivity index (χ2v) is 8.73. The number of nitrogens with zero attached hydrogens (tertiary/aromatic N) is 2. The molecule has 0 bridgehead atoms. The maximum absolute atomic E-state index is 12.9. The van der Waals surface area contributed by atoms with Gasteiger partial charge in [0.15, 0.2) is 0 Å². The van der Waals surface area contributed by atoms with E-state index >= 15 is 0 Å². The SMILES string of the molecule is CC(=O)On1ncc2c(NC(=O)NC3CCOc4c(C5CCCCC5)cccc43)cccc21. The van der Waals surface area contributed by atoms with Crippen molar-refractivity contribution in [2.24, 2.45) is 0 Å². The fourth-order valence-corrected chi connectivity index (χ4v) is 4.98. The Hall–Kier alpha value is -3.55. The van der Waals surface area contributed by atoms with Crippen molar-refractivity contribution in [1.29, 1.82) is 0 Å². The number of anilines is 1. The lowest BCUT2D eigenvalue weighted by atomic mass is 9.82. The predicted octanol–water partition coefficient (Wildman–Crippen LogP) is 4.70. The number of ether oxygens (including phenoxy) is 1.